The van der Waals surface area contributed by atoms with Crippen LogP contribution in [0.25, 0.3) is 11.4 Å². The lowest BCUT2D eigenvalue weighted by Gasteiger charge is -2.05. The standard InChI is InChI=1S/C15H19N7O/c1-9-12(19-10(2)18-9)7-16-15(23)11-8-21(3)20-14(11)13-5-6-17-22(13)4/h5-6,8H,7H2,1-4H3,(H,16,23)(H,18,19). The SMILES string of the molecule is Cc1nc(CNC(=O)c2cn(C)nc2-c2ccnn2C)c(C)[nH]1. The Morgan fingerprint density at radius 3 is 2.74 bits per heavy atom. The third-order valence-electron chi connectivity index (χ3n) is 3.66. The predicted octanol–water partition coefficient (Wildman–Crippen LogP) is 1.09. The van der Waals surface area contributed by atoms with Crippen LogP contribution in [0.5, 0.6) is 0 Å². The van der Waals surface area contributed by atoms with Gasteiger partial charge in [-0.05, 0) is 19.9 Å². The normalized spacial score (nSPS) is 11.0. The first-order chi connectivity index (χ1) is 11.0. The van der Waals surface area contributed by atoms with E-state index in [1.165, 1.54) is 0 Å². The van der Waals surface area contributed by atoms with Gasteiger partial charge in [-0.1, -0.05) is 0 Å². The zero-order chi connectivity index (χ0) is 16.6. The fraction of sp³-hybridized carbons (Fsp3) is 0.333. The molecule has 3 aromatic heterocycles. The molecule has 0 unspecified atom stereocenters. The monoisotopic (exact) mass is 313 g/mol. The Labute approximate surface area is 133 Å². The van der Waals surface area contributed by atoms with Crippen LogP contribution in [0, 0.1) is 13.8 Å². The van der Waals surface area contributed by atoms with Gasteiger partial charge in [0.1, 0.15) is 11.5 Å². The minimum atomic E-state index is -0.186. The van der Waals surface area contributed by atoms with Gasteiger partial charge < -0.3 is 10.3 Å². The molecule has 0 fully saturated rings. The maximum Gasteiger partial charge on any atom is 0.255 e. The molecule has 0 bridgehead atoms. The zero-order valence-electron chi connectivity index (χ0n) is 13.6. The molecule has 1 amide bonds. The summed E-state index contributed by atoms with van der Waals surface area (Å²) in [6.45, 7) is 4.20. The first kappa shape index (κ1) is 15.0. The van der Waals surface area contributed by atoms with Crippen LogP contribution in [-0.4, -0.2) is 35.4 Å². The lowest BCUT2D eigenvalue weighted by molar-refractivity contribution is 0.0951. The average molecular weight is 313 g/mol. The van der Waals surface area contributed by atoms with E-state index in [4.69, 9.17) is 0 Å². The molecule has 120 valence electrons. The van der Waals surface area contributed by atoms with Crippen LogP contribution in [0.2, 0.25) is 0 Å². The summed E-state index contributed by atoms with van der Waals surface area (Å²) in [5, 5.41) is 11.4. The van der Waals surface area contributed by atoms with Crippen molar-refractivity contribution in [2.24, 2.45) is 14.1 Å². The van der Waals surface area contributed by atoms with Gasteiger partial charge in [0.15, 0.2) is 0 Å². The number of aromatic nitrogens is 6. The molecule has 8 nitrogen and oxygen atoms in total. The number of carbonyl (C=O) groups excluding carboxylic acids is 1. The number of rotatable bonds is 4. The average Bonchev–Trinajstić information content (AvgIpc) is 3.15. The van der Waals surface area contributed by atoms with Crippen LogP contribution in [0.1, 0.15) is 27.6 Å². The van der Waals surface area contributed by atoms with E-state index in [-0.39, 0.29) is 5.91 Å². The second-order valence-corrected chi connectivity index (χ2v) is 5.48. The van der Waals surface area contributed by atoms with Gasteiger partial charge in [0.05, 0.1) is 23.5 Å². The van der Waals surface area contributed by atoms with Gasteiger partial charge >= 0.3 is 0 Å². The van der Waals surface area contributed by atoms with Crippen molar-refractivity contribution in [1.82, 2.24) is 34.8 Å². The van der Waals surface area contributed by atoms with E-state index in [9.17, 15) is 4.79 Å². The van der Waals surface area contributed by atoms with E-state index >= 15 is 0 Å². The highest BCUT2D eigenvalue weighted by molar-refractivity contribution is 5.99. The van der Waals surface area contributed by atoms with Gasteiger partial charge in [0.25, 0.3) is 5.91 Å². The molecule has 0 aliphatic carbocycles. The summed E-state index contributed by atoms with van der Waals surface area (Å²) in [5.41, 5.74) is 3.71. The molecule has 0 atom stereocenters. The topological polar surface area (TPSA) is 93.4 Å². The van der Waals surface area contributed by atoms with Crippen molar-refractivity contribution >= 4 is 5.91 Å². The number of hydrogen-bond donors (Lipinski definition) is 2. The number of aromatic amines is 1. The summed E-state index contributed by atoms with van der Waals surface area (Å²) >= 11 is 0. The Hall–Kier alpha value is -2.90. The van der Waals surface area contributed by atoms with Crippen LogP contribution in [0.3, 0.4) is 0 Å². The van der Waals surface area contributed by atoms with Crippen LogP contribution >= 0.6 is 0 Å². The summed E-state index contributed by atoms with van der Waals surface area (Å²) in [7, 11) is 3.61. The number of amides is 1. The molecule has 0 aliphatic rings. The van der Waals surface area contributed by atoms with Gasteiger partial charge in [-0.2, -0.15) is 10.2 Å². The van der Waals surface area contributed by atoms with Gasteiger partial charge in [-0.3, -0.25) is 14.2 Å². The third kappa shape index (κ3) is 2.87. The number of nitrogens with zero attached hydrogens (tertiary/aromatic N) is 5. The predicted molar refractivity (Wildman–Crippen MR) is 84.6 cm³/mol. The Bertz CT molecular complexity index is 855. The summed E-state index contributed by atoms with van der Waals surface area (Å²) < 4.78 is 3.32. The Kier molecular flexibility index (Phi) is 3.73. The molecule has 0 saturated carbocycles. The molecule has 0 radical (unpaired) electrons. The molecule has 8 heteroatoms. The molecular formula is C15H19N7O. The third-order valence-corrected chi connectivity index (χ3v) is 3.66. The number of H-pyrrole nitrogens is 1. The van der Waals surface area contributed by atoms with Crippen molar-refractivity contribution in [2.45, 2.75) is 20.4 Å². The van der Waals surface area contributed by atoms with E-state index in [0.29, 0.717) is 17.8 Å². The first-order valence-electron chi connectivity index (χ1n) is 7.28. The first-order valence-corrected chi connectivity index (χ1v) is 7.28. The lowest BCUT2D eigenvalue weighted by atomic mass is 10.2. The van der Waals surface area contributed by atoms with Crippen LogP contribution in [-0.2, 0) is 20.6 Å². The highest BCUT2D eigenvalue weighted by atomic mass is 16.1. The summed E-state index contributed by atoms with van der Waals surface area (Å²) in [6.07, 6.45) is 3.39. The molecule has 0 saturated heterocycles. The minimum Gasteiger partial charge on any atom is -0.346 e. The molecule has 3 rings (SSSR count). The van der Waals surface area contributed by atoms with E-state index in [1.54, 1.807) is 28.8 Å². The van der Waals surface area contributed by atoms with E-state index in [0.717, 1.165) is 22.9 Å². The van der Waals surface area contributed by atoms with E-state index in [2.05, 4.69) is 25.5 Å². The van der Waals surface area contributed by atoms with Gasteiger partial charge in [-0.25, -0.2) is 4.98 Å². The van der Waals surface area contributed by atoms with Crippen molar-refractivity contribution in [3.8, 4) is 11.4 Å². The fourth-order valence-electron chi connectivity index (χ4n) is 2.54. The van der Waals surface area contributed by atoms with Gasteiger partial charge in [0, 0.05) is 32.2 Å². The van der Waals surface area contributed by atoms with Crippen LogP contribution in [0.4, 0.5) is 0 Å². The molecule has 3 heterocycles. The second kappa shape index (κ2) is 5.71. The van der Waals surface area contributed by atoms with Gasteiger partial charge in [-0.15, -0.1) is 0 Å². The Morgan fingerprint density at radius 1 is 1.35 bits per heavy atom. The number of nitrogens with one attached hydrogen (secondary N) is 2. The van der Waals surface area contributed by atoms with Crippen molar-refractivity contribution in [2.75, 3.05) is 0 Å². The molecule has 3 aromatic rings. The molecular weight excluding hydrogens is 294 g/mol. The van der Waals surface area contributed by atoms with E-state index in [1.807, 2.05) is 27.0 Å². The summed E-state index contributed by atoms with van der Waals surface area (Å²) in [5.74, 6) is 0.651. The zero-order valence-corrected chi connectivity index (χ0v) is 13.6. The summed E-state index contributed by atoms with van der Waals surface area (Å²) in [4.78, 5) is 20.0. The second-order valence-electron chi connectivity index (χ2n) is 5.48. The van der Waals surface area contributed by atoms with Crippen molar-refractivity contribution in [1.29, 1.82) is 0 Å². The fourth-order valence-corrected chi connectivity index (χ4v) is 2.54. The molecule has 23 heavy (non-hydrogen) atoms. The molecule has 0 spiro atoms. The maximum atomic E-state index is 12.5. The quantitative estimate of drug-likeness (QED) is 0.754. The van der Waals surface area contributed by atoms with Crippen LogP contribution in [0.15, 0.2) is 18.5 Å². The Balaban J connectivity index is 1.83. The Morgan fingerprint density at radius 2 is 2.13 bits per heavy atom. The highest BCUT2D eigenvalue weighted by Gasteiger charge is 2.19. The van der Waals surface area contributed by atoms with Crippen molar-refractivity contribution in [3.05, 3.63) is 41.2 Å². The van der Waals surface area contributed by atoms with Crippen molar-refractivity contribution < 1.29 is 4.79 Å². The smallest absolute Gasteiger partial charge is 0.255 e. The number of aryl methyl sites for hydroxylation is 4. The number of hydrogen-bond acceptors (Lipinski definition) is 4. The van der Waals surface area contributed by atoms with Crippen molar-refractivity contribution in [3.63, 3.8) is 0 Å². The minimum absolute atomic E-state index is 0.186. The lowest BCUT2D eigenvalue weighted by Crippen LogP contribution is -2.23. The summed E-state index contributed by atoms with van der Waals surface area (Å²) in [6, 6.07) is 1.83. The molecule has 0 aromatic carbocycles. The maximum absolute atomic E-state index is 12.5. The van der Waals surface area contributed by atoms with E-state index < -0.39 is 0 Å². The van der Waals surface area contributed by atoms with Crippen LogP contribution < -0.4 is 5.32 Å². The largest absolute Gasteiger partial charge is 0.346 e. The van der Waals surface area contributed by atoms with Gasteiger partial charge in [0.2, 0.25) is 0 Å². The highest BCUT2D eigenvalue weighted by Crippen LogP contribution is 2.21. The number of imidazole rings is 1. The molecule has 0 aliphatic heterocycles. The molecule has 2 N–H and O–H groups in total. The number of carbonyl (C=O) groups is 1.